The SMILES string of the molecule is CC/C=C\C/C=C\C/C=C\C/C=C\C/C=C\CCCCCCCCCCCCCCCC(=O)OC(COC(=O)CCCCCCCCC)COC(OCC[N+](C)(C)C)C(=O)O. The molecule has 0 aromatic heterocycles. The quantitative estimate of drug-likeness (QED) is 0.0212. The van der Waals surface area contributed by atoms with Crippen molar-refractivity contribution in [3.63, 3.8) is 0 Å². The van der Waals surface area contributed by atoms with Crippen LogP contribution in [0.4, 0.5) is 0 Å². The second-order valence-electron chi connectivity index (χ2n) is 17.4. The number of nitrogens with zero attached hydrogens (tertiary/aromatic N) is 1. The van der Waals surface area contributed by atoms with Crippen molar-refractivity contribution < 1.29 is 42.9 Å². The Kier molecular flexibility index (Phi) is 41.5. The highest BCUT2D eigenvalue weighted by Gasteiger charge is 2.25. The maximum Gasteiger partial charge on any atom is 0.361 e. The van der Waals surface area contributed by atoms with Gasteiger partial charge in [-0.1, -0.05) is 184 Å². The molecule has 1 N–H and O–H groups in total. The van der Waals surface area contributed by atoms with E-state index in [4.69, 9.17) is 18.9 Å². The largest absolute Gasteiger partial charge is 0.477 e. The first kappa shape index (κ1) is 58.0. The average Bonchev–Trinajstić information content (AvgIpc) is 3.22. The number of aliphatic carboxylic acids is 1. The van der Waals surface area contributed by atoms with Crippen LogP contribution in [0.1, 0.15) is 194 Å². The molecule has 0 aliphatic carbocycles. The fraction of sp³-hybridized carbons (Fsp3) is 0.750. The van der Waals surface area contributed by atoms with Crippen LogP contribution < -0.4 is 0 Å². The topological polar surface area (TPSA) is 108 Å². The minimum Gasteiger partial charge on any atom is -0.477 e. The molecule has 0 fully saturated rings. The van der Waals surface area contributed by atoms with Gasteiger partial charge in [0.05, 0.1) is 34.4 Å². The molecule has 0 saturated carbocycles. The highest BCUT2D eigenvalue weighted by molar-refractivity contribution is 5.71. The van der Waals surface area contributed by atoms with Gasteiger partial charge in [0.15, 0.2) is 6.10 Å². The Morgan fingerprint density at radius 1 is 0.508 bits per heavy atom. The van der Waals surface area contributed by atoms with Crippen LogP contribution >= 0.6 is 0 Å². The molecule has 0 aromatic rings. The van der Waals surface area contributed by atoms with Gasteiger partial charge >= 0.3 is 17.9 Å². The van der Waals surface area contributed by atoms with E-state index in [9.17, 15) is 19.5 Å². The van der Waals surface area contributed by atoms with Gasteiger partial charge in [0.25, 0.3) is 6.29 Å². The molecule has 0 saturated heterocycles. The summed E-state index contributed by atoms with van der Waals surface area (Å²) in [5.74, 6) is -2.02. The van der Waals surface area contributed by atoms with Gasteiger partial charge in [-0.05, 0) is 57.8 Å². The zero-order valence-corrected chi connectivity index (χ0v) is 39.8. The number of ether oxygens (including phenoxy) is 4. The van der Waals surface area contributed by atoms with Crippen LogP contribution in [0.15, 0.2) is 60.8 Å². The van der Waals surface area contributed by atoms with Gasteiger partial charge in [0, 0.05) is 12.8 Å². The molecule has 2 unspecified atom stereocenters. The second kappa shape index (κ2) is 43.6. The predicted molar refractivity (Wildman–Crippen MR) is 253 cm³/mol. The molecule has 9 nitrogen and oxygen atoms in total. The number of esters is 2. The lowest BCUT2D eigenvalue weighted by Crippen LogP contribution is -2.40. The van der Waals surface area contributed by atoms with Crippen molar-refractivity contribution in [1.82, 2.24) is 0 Å². The monoisotopic (exact) mass is 859 g/mol. The van der Waals surface area contributed by atoms with Gasteiger partial charge in [0.1, 0.15) is 13.2 Å². The van der Waals surface area contributed by atoms with E-state index in [1.807, 2.05) is 21.1 Å². The van der Waals surface area contributed by atoms with Crippen molar-refractivity contribution in [3.05, 3.63) is 60.8 Å². The van der Waals surface area contributed by atoms with Gasteiger partial charge in [-0.15, -0.1) is 0 Å². The van der Waals surface area contributed by atoms with Crippen molar-refractivity contribution in [3.8, 4) is 0 Å². The lowest BCUT2D eigenvalue weighted by atomic mass is 10.0. The van der Waals surface area contributed by atoms with Crippen molar-refractivity contribution >= 4 is 17.9 Å². The molecule has 0 rings (SSSR count). The molecular formula is C52H92NO8+. The zero-order chi connectivity index (χ0) is 44.9. The third-order valence-corrected chi connectivity index (χ3v) is 10.3. The number of quaternary nitrogens is 1. The number of carboxylic acid groups (broad SMARTS) is 1. The molecule has 0 bridgehead atoms. The molecule has 352 valence electrons. The van der Waals surface area contributed by atoms with E-state index in [1.165, 1.54) is 96.3 Å². The van der Waals surface area contributed by atoms with Crippen molar-refractivity contribution in [1.29, 1.82) is 0 Å². The highest BCUT2D eigenvalue weighted by Crippen LogP contribution is 2.15. The first-order valence-electron chi connectivity index (χ1n) is 24.5. The van der Waals surface area contributed by atoms with E-state index in [0.717, 1.165) is 70.6 Å². The molecule has 0 aromatic carbocycles. The van der Waals surface area contributed by atoms with Crippen molar-refractivity contribution in [2.24, 2.45) is 0 Å². The number of allylic oxidation sites excluding steroid dienone is 10. The summed E-state index contributed by atoms with van der Waals surface area (Å²) in [6, 6.07) is 0. The van der Waals surface area contributed by atoms with Crippen molar-refractivity contribution in [2.45, 2.75) is 206 Å². The summed E-state index contributed by atoms with van der Waals surface area (Å²) in [5.41, 5.74) is 0. The number of rotatable bonds is 44. The molecule has 0 spiro atoms. The molecule has 0 radical (unpaired) electrons. The first-order valence-corrected chi connectivity index (χ1v) is 24.5. The summed E-state index contributed by atoms with van der Waals surface area (Å²) in [6.45, 7) is 4.70. The Morgan fingerprint density at radius 3 is 1.39 bits per heavy atom. The molecule has 0 heterocycles. The fourth-order valence-corrected chi connectivity index (χ4v) is 6.51. The van der Waals surface area contributed by atoms with Gasteiger partial charge < -0.3 is 28.5 Å². The maximum absolute atomic E-state index is 12.8. The lowest BCUT2D eigenvalue weighted by molar-refractivity contribution is -0.870. The van der Waals surface area contributed by atoms with Crippen LogP contribution in [0.3, 0.4) is 0 Å². The number of hydrogen-bond acceptors (Lipinski definition) is 7. The number of carbonyl (C=O) groups excluding carboxylic acids is 2. The van der Waals surface area contributed by atoms with Crippen LogP contribution in [-0.4, -0.2) is 87.4 Å². The fourth-order valence-electron chi connectivity index (χ4n) is 6.51. The summed E-state index contributed by atoms with van der Waals surface area (Å²) >= 11 is 0. The second-order valence-corrected chi connectivity index (χ2v) is 17.4. The van der Waals surface area contributed by atoms with E-state index in [2.05, 4.69) is 74.6 Å². The van der Waals surface area contributed by atoms with Crippen LogP contribution in [0.25, 0.3) is 0 Å². The van der Waals surface area contributed by atoms with Crippen LogP contribution in [0, 0.1) is 0 Å². The van der Waals surface area contributed by atoms with E-state index < -0.39 is 24.3 Å². The summed E-state index contributed by atoms with van der Waals surface area (Å²) in [7, 11) is 5.95. The standard InChI is InChI=1S/C52H91NO8/c1-6-8-10-12-14-15-16-17-18-19-20-21-22-23-24-25-26-27-28-29-30-31-32-33-34-35-37-39-41-43-50(55)61-48(46-59-49(54)42-40-38-36-13-11-9-7-2)47-60-52(51(56)57)58-45-44-53(3,4)5/h8,10,14-15,17-18,20-21,23-24,48,52H,6-7,9,11-13,16,19,22,25-47H2,1-5H3/p+1/b10-8-,15-14-,18-17-,21-20-,24-23-. The van der Waals surface area contributed by atoms with Gasteiger partial charge in [0.2, 0.25) is 0 Å². The van der Waals surface area contributed by atoms with E-state index in [-0.39, 0.29) is 32.2 Å². The number of likely N-dealkylation sites (N-methyl/N-ethyl adjacent to an activating group) is 1. The van der Waals surface area contributed by atoms with Crippen LogP contribution in [0.5, 0.6) is 0 Å². The Balaban J connectivity index is 4.12. The molecule has 2 atom stereocenters. The Morgan fingerprint density at radius 2 is 0.934 bits per heavy atom. The summed E-state index contributed by atoms with van der Waals surface area (Å²) in [4.78, 5) is 37.0. The van der Waals surface area contributed by atoms with E-state index >= 15 is 0 Å². The Hall–Kier alpha value is -3.01. The third kappa shape index (κ3) is 44.8. The number of carbonyl (C=O) groups is 3. The summed E-state index contributed by atoms with van der Waals surface area (Å²) in [6.07, 6.45) is 50.3. The smallest absolute Gasteiger partial charge is 0.361 e. The summed E-state index contributed by atoms with van der Waals surface area (Å²) in [5, 5.41) is 9.62. The molecule has 0 aliphatic rings. The number of carboxylic acids is 1. The minimum absolute atomic E-state index is 0.182. The van der Waals surface area contributed by atoms with Crippen LogP contribution in [-0.2, 0) is 33.3 Å². The zero-order valence-electron chi connectivity index (χ0n) is 39.8. The minimum atomic E-state index is -1.51. The number of unbranched alkanes of at least 4 members (excludes halogenated alkanes) is 19. The molecule has 61 heavy (non-hydrogen) atoms. The van der Waals surface area contributed by atoms with Crippen LogP contribution in [0.2, 0.25) is 0 Å². The molecule has 0 amide bonds. The van der Waals surface area contributed by atoms with Gasteiger partial charge in [-0.2, -0.15) is 0 Å². The average molecular weight is 859 g/mol. The molecule has 0 aliphatic heterocycles. The summed E-state index contributed by atoms with van der Waals surface area (Å²) < 4.78 is 22.7. The Labute approximate surface area is 374 Å². The normalized spacial score (nSPS) is 13.4. The Bertz CT molecular complexity index is 1180. The lowest BCUT2D eigenvalue weighted by Gasteiger charge is -2.25. The van der Waals surface area contributed by atoms with E-state index in [1.54, 1.807) is 0 Å². The van der Waals surface area contributed by atoms with Crippen molar-refractivity contribution in [2.75, 3.05) is 47.5 Å². The molecule has 9 heteroatoms. The number of hydrogen-bond donors (Lipinski definition) is 1. The predicted octanol–water partition coefficient (Wildman–Crippen LogP) is 13.3. The molecular weight excluding hydrogens is 767 g/mol. The van der Waals surface area contributed by atoms with Gasteiger partial charge in [-0.25, -0.2) is 4.79 Å². The van der Waals surface area contributed by atoms with E-state index in [0.29, 0.717) is 17.4 Å². The highest BCUT2D eigenvalue weighted by atomic mass is 16.7. The first-order chi connectivity index (χ1) is 29.6. The maximum atomic E-state index is 12.8. The third-order valence-electron chi connectivity index (χ3n) is 10.3. The van der Waals surface area contributed by atoms with Gasteiger partial charge in [-0.3, -0.25) is 9.59 Å².